The molecule has 0 atom stereocenters. The molecule has 1 aliphatic heterocycles. The molecule has 0 saturated carbocycles. The summed E-state index contributed by atoms with van der Waals surface area (Å²) in [7, 11) is 0. The minimum atomic E-state index is -0.743. The Morgan fingerprint density at radius 1 is 1.19 bits per heavy atom. The second kappa shape index (κ2) is 13.4. The van der Waals surface area contributed by atoms with Gasteiger partial charge in [-0.1, -0.05) is 30.8 Å². The number of aliphatic hydroxyl groups is 1. The molecular formula is C25H22I2N2O7S. The molecule has 9 nitrogen and oxygen atoms in total. The summed E-state index contributed by atoms with van der Waals surface area (Å²) in [5.41, 5.74) is 1.27. The van der Waals surface area contributed by atoms with Gasteiger partial charge in [-0.3, -0.25) is 14.9 Å². The Kier molecular flexibility index (Phi) is 10.5. The highest BCUT2D eigenvalue weighted by molar-refractivity contribution is 14.1. The lowest BCUT2D eigenvalue weighted by Gasteiger charge is -2.12. The highest BCUT2D eigenvalue weighted by Gasteiger charge is 2.33. The predicted octanol–water partition coefficient (Wildman–Crippen LogP) is 6.57. The van der Waals surface area contributed by atoms with Crippen LogP contribution in [-0.2, 0) is 20.9 Å². The normalized spacial score (nSPS) is 15.4. The number of hydrogen-bond acceptors (Lipinski definition) is 8. The van der Waals surface area contributed by atoms with Gasteiger partial charge in [-0.05, 0) is 87.9 Å². The Hall–Kier alpha value is -2.46. The zero-order valence-electron chi connectivity index (χ0n) is 19.8. The molecular weight excluding hydrogens is 726 g/mol. The van der Waals surface area contributed by atoms with Crippen LogP contribution in [0.15, 0.2) is 57.6 Å². The lowest BCUT2D eigenvalue weighted by Crippen LogP contribution is -2.14. The van der Waals surface area contributed by atoms with E-state index in [1.807, 2.05) is 19.1 Å². The fraction of sp³-hybridized carbons (Fsp3) is 0.240. The van der Waals surface area contributed by atoms with Crippen molar-refractivity contribution in [1.82, 2.24) is 0 Å². The van der Waals surface area contributed by atoms with Crippen LogP contribution in [0.25, 0.3) is 6.08 Å². The van der Waals surface area contributed by atoms with Gasteiger partial charge in [-0.25, -0.2) is 9.79 Å². The number of amides is 1. The first-order valence-corrected chi connectivity index (χ1v) is 14.1. The third-order valence-corrected chi connectivity index (χ3v) is 7.51. The highest BCUT2D eigenvalue weighted by Crippen LogP contribution is 2.40. The van der Waals surface area contributed by atoms with Crippen molar-refractivity contribution in [2.75, 3.05) is 6.61 Å². The number of ether oxygens (including phenoxy) is 2. The van der Waals surface area contributed by atoms with E-state index in [1.54, 1.807) is 25.1 Å². The summed E-state index contributed by atoms with van der Waals surface area (Å²) in [5.74, 6) is -0.793. The van der Waals surface area contributed by atoms with E-state index in [4.69, 9.17) is 9.47 Å². The van der Waals surface area contributed by atoms with Gasteiger partial charge in [0.25, 0.3) is 5.69 Å². The summed E-state index contributed by atoms with van der Waals surface area (Å²) in [6, 6.07) is 9.94. The molecule has 37 heavy (non-hydrogen) atoms. The fourth-order valence-electron chi connectivity index (χ4n) is 3.24. The lowest BCUT2D eigenvalue weighted by atomic mass is 10.1. The van der Waals surface area contributed by atoms with Crippen LogP contribution in [0, 0.1) is 17.3 Å². The van der Waals surface area contributed by atoms with Gasteiger partial charge in [0.1, 0.15) is 28.7 Å². The number of halogens is 2. The van der Waals surface area contributed by atoms with Crippen molar-refractivity contribution in [2.45, 2.75) is 33.3 Å². The van der Waals surface area contributed by atoms with Gasteiger partial charge in [-0.15, -0.1) is 0 Å². The molecule has 1 aliphatic rings. The first-order chi connectivity index (χ1) is 17.6. The number of aliphatic imine (C=N–C) groups is 1. The van der Waals surface area contributed by atoms with Crippen molar-refractivity contribution in [3.05, 3.63) is 81.0 Å². The van der Waals surface area contributed by atoms with Gasteiger partial charge in [0.2, 0.25) is 5.91 Å². The number of nitro groups is 1. The number of carbonyl (C=O) groups excluding carboxylic acids is 2. The zero-order valence-corrected chi connectivity index (χ0v) is 25.0. The quantitative estimate of drug-likeness (QED) is 0.132. The standard InChI is InChI=1S/C25H22I2N2O7S/c1-3-6-20(30)28-24-21(25(32)35-4-2)22(31)19(37-24)12-15-10-17(26)23(18(27)11-15)36-13-14-7-5-8-16(9-14)29(33)34/h5,7-12,31H,3-4,6,13H2,1-2H3/b19-12-,28-24?. The molecule has 0 radical (unpaired) electrons. The fourth-order valence-corrected chi connectivity index (χ4v) is 6.40. The molecule has 3 rings (SSSR count). The summed E-state index contributed by atoms with van der Waals surface area (Å²) in [4.78, 5) is 39.5. The Bertz CT molecular complexity index is 1320. The summed E-state index contributed by atoms with van der Waals surface area (Å²) in [6.45, 7) is 3.77. The Morgan fingerprint density at radius 3 is 2.51 bits per heavy atom. The summed E-state index contributed by atoms with van der Waals surface area (Å²) >= 11 is 5.29. The number of nitrogens with zero attached hydrogens (tertiary/aromatic N) is 2. The third kappa shape index (κ3) is 7.54. The molecule has 2 aromatic rings. The highest BCUT2D eigenvalue weighted by atomic mass is 127. The van der Waals surface area contributed by atoms with Crippen molar-refractivity contribution in [1.29, 1.82) is 0 Å². The van der Waals surface area contributed by atoms with Gasteiger partial charge in [0, 0.05) is 18.6 Å². The van der Waals surface area contributed by atoms with Gasteiger partial charge in [0.05, 0.1) is 23.6 Å². The maximum atomic E-state index is 12.5. The molecule has 0 fully saturated rings. The molecule has 194 valence electrons. The van der Waals surface area contributed by atoms with E-state index in [2.05, 4.69) is 50.2 Å². The number of thioether (sulfide) groups is 1. The van der Waals surface area contributed by atoms with Crippen LogP contribution >= 0.6 is 56.9 Å². The molecule has 0 bridgehead atoms. The van der Waals surface area contributed by atoms with Crippen molar-refractivity contribution >= 4 is 85.6 Å². The largest absolute Gasteiger partial charge is 0.506 e. The summed E-state index contributed by atoms with van der Waals surface area (Å²) in [5, 5.41) is 21.9. The molecule has 1 heterocycles. The molecule has 0 unspecified atom stereocenters. The third-order valence-electron chi connectivity index (χ3n) is 4.88. The monoisotopic (exact) mass is 748 g/mol. The maximum Gasteiger partial charge on any atom is 0.344 e. The molecule has 0 aliphatic carbocycles. The first-order valence-electron chi connectivity index (χ1n) is 11.1. The van der Waals surface area contributed by atoms with E-state index in [0.717, 1.165) is 24.5 Å². The lowest BCUT2D eigenvalue weighted by molar-refractivity contribution is -0.384. The second-order valence-electron chi connectivity index (χ2n) is 7.64. The molecule has 0 saturated heterocycles. The molecule has 12 heteroatoms. The van der Waals surface area contributed by atoms with Crippen molar-refractivity contribution in [2.24, 2.45) is 4.99 Å². The van der Waals surface area contributed by atoms with E-state index in [0.29, 0.717) is 22.6 Å². The van der Waals surface area contributed by atoms with Crippen LogP contribution in [0.3, 0.4) is 0 Å². The molecule has 1 N–H and O–H groups in total. The smallest absolute Gasteiger partial charge is 0.344 e. The van der Waals surface area contributed by atoms with E-state index < -0.39 is 10.9 Å². The predicted molar refractivity (Wildman–Crippen MR) is 159 cm³/mol. The van der Waals surface area contributed by atoms with Crippen LogP contribution < -0.4 is 4.74 Å². The minimum absolute atomic E-state index is 0.00381. The average molecular weight is 748 g/mol. The van der Waals surface area contributed by atoms with Crippen LogP contribution in [0.2, 0.25) is 0 Å². The Morgan fingerprint density at radius 2 is 1.89 bits per heavy atom. The van der Waals surface area contributed by atoms with Crippen molar-refractivity contribution in [3.8, 4) is 5.75 Å². The SMILES string of the molecule is CCCC(=O)N=C1S/C(=C\c2cc(I)c(OCc3cccc([N+](=O)[O-])c3)c(I)c2)C(O)=C1C(=O)OCC. The van der Waals surface area contributed by atoms with Crippen LogP contribution in [0.5, 0.6) is 5.75 Å². The number of non-ortho nitro benzene ring substituents is 1. The van der Waals surface area contributed by atoms with Gasteiger partial charge in [-0.2, -0.15) is 0 Å². The van der Waals surface area contributed by atoms with Crippen molar-refractivity contribution < 1.29 is 29.1 Å². The number of nitro benzene ring substituents is 1. The van der Waals surface area contributed by atoms with E-state index in [-0.39, 0.29) is 47.6 Å². The zero-order chi connectivity index (χ0) is 27.1. The van der Waals surface area contributed by atoms with E-state index in [9.17, 15) is 24.8 Å². The minimum Gasteiger partial charge on any atom is -0.506 e. The van der Waals surface area contributed by atoms with Gasteiger partial charge >= 0.3 is 5.97 Å². The molecule has 0 aromatic heterocycles. The van der Waals surface area contributed by atoms with Gasteiger partial charge < -0.3 is 14.6 Å². The Balaban J connectivity index is 1.88. The number of carbonyl (C=O) groups is 2. The molecule has 0 spiro atoms. The van der Waals surface area contributed by atoms with E-state index >= 15 is 0 Å². The van der Waals surface area contributed by atoms with Crippen LogP contribution in [0.1, 0.15) is 37.8 Å². The first kappa shape index (κ1) is 29.1. The Labute approximate surface area is 244 Å². The van der Waals surface area contributed by atoms with Gasteiger partial charge in [0.15, 0.2) is 0 Å². The number of rotatable bonds is 9. The maximum absolute atomic E-state index is 12.5. The number of hydrogen-bond donors (Lipinski definition) is 1. The number of aliphatic hydroxyl groups excluding tert-OH is 1. The summed E-state index contributed by atoms with van der Waals surface area (Å²) in [6.07, 6.45) is 2.54. The van der Waals surface area contributed by atoms with Crippen LogP contribution in [-0.4, -0.2) is 33.6 Å². The van der Waals surface area contributed by atoms with Crippen LogP contribution in [0.4, 0.5) is 5.69 Å². The molecule has 2 aromatic carbocycles. The van der Waals surface area contributed by atoms with E-state index in [1.165, 1.54) is 12.1 Å². The van der Waals surface area contributed by atoms with Crippen molar-refractivity contribution in [3.63, 3.8) is 0 Å². The summed E-state index contributed by atoms with van der Waals surface area (Å²) < 4.78 is 12.6. The number of esters is 1. The number of benzene rings is 2. The molecule has 1 amide bonds. The topological polar surface area (TPSA) is 128 Å². The average Bonchev–Trinajstić information content (AvgIpc) is 3.13. The second-order valence-corrected chi connectivity index (χ2v) is 11.0.